The highest BCUT2D eigenvalue weighted by Crippen LogP contribution is 2.46. The van der Waals surface area contributed by atoms with Gasteiger partial charge in [-0.05, 0) is 42.7 Å². The Morgan fingerprint density at radius 3 is 2.22 bits per heavy atom. The molecule has 0 aromatic heterocycles. The van der Waals surface area contributed by atoms with Gasteiger partial charge in [0.25, 0.3) is 5.91 Å². The largest absolute Gasteiger partial charge is 0.493 e. The highest BCUT2D eigenvalue weighted by Gasteiger charge is 2.44. The molecular formula is C21H23NO5. The van der Waals surface area contributed by atoms with E-state index in [0.29, 0.717) is 22.6 Å². The number of carboxylic acids is 1. The summed E-state index contributed by atoms with van der Waals surface area (Å²) in [5.41, 5.74) is 3.62. The molecule has 1 N–H and O–H groups in total. The van der Waals surface area contributed by atoms with E-state index in [1.54, 1.807) is 19.2 Å². The fraction of sp³-hybridized carbons (Fsp3) is 0.333. The van der Waals surface area contributed by atoms with Gasteiger partial charge in [0.2, 0.25) is 0 Å². The van der Waals surface area contributed by atoms with E-state index in [0.717, 1.165) is 16.7 Å². The van der Waals surface area contributed by atoms with Crippen LogP contribution in [-0.2, 0) is 4.79 Å². The topological polar surface area (TPSA) is 76.1 Å². The average molecular weight is 369 g/mol. The number of likely N-dealkylation sites (N-methyl/N-ethyl adjacent to an activating group) is 1. The van der Waals surface area contributed by atoms with Crippen molar-refractivity contribution in [3.63, 3.8) is 0 Å². The zero-order chi connectivity index (χ0) is 19.9. The van der Waals surface area contributed by atoms with Crippen molar-refractivity contribution in [2.24, 2.45) is 0 Å². The van der Waals surface area contributed by atoms with Gasteiger partial charge in [-0.3, -0.25) is 9.59 Å². The van der Waals surface area contributed by atoms with Crippen LogP contribution in [0.2, 0.25) is 0 Å². The molecular weight excluding hydrogens is 346 g/mol. The minimum atomic E-state index is -0.993. The predicted molar refractivity (Wildman–Crippen MR) is 101 cm³/mol. The molecule has 27 heavy (non-hydrogen) atoms. The number of hydrogen-bond donors (Lipinski definition) is 1. The third-order valence-electron chi connectivity index (χ3n) is 5.18. The van der Waals surface area contributed by atoms with Crippen LogP contribution in [-0.4, -0.2) is 43.2 Å². The summed E-state index contributed by atoms with van der Waals surface area (Å²) < 4.78 is 10.6. The zero-order valence-electron chi connectivity index (χ0n) is 16.1. The van der Waals surface area contributed by atoms with E-state index in [4.69, 9.17) is 9.47 Å². The highest BCUT2D eigenvalue weighted by molar-refractivity contribution is 6.01. The van der Waals surface area contributed by atoms with Crippen molar-refractivity contribution in [2.45, 2.75) is 25.8 Å². The first kappa shape index (κ1) is 18.8. The minimum absolute atomic E-state index is 0.242. The summed E-state index contributed by atoms with van der Waals surface area (Å²) in [5.74, 6) is -1.35. The Morgan fingerprint density at radius 1 is 1.04 bits per heavy atom. The lowest BCUT2D eigenvalue weighted by Gasteiger charge is -2.39. The number of methoxy groups -OCH3 is 2. The van der Waals surface area contributed by atoms with Crippen LogP contribution in [0, 0.1) is 13.8 Å². The Morgan fingerprint density at radius 2 is 1.67 bits per heavy atom. The number of fused-ring (bicyclic) bond motifs is 1. The predicted octanol–water partition coefficient (Wildman–Crippen LogP) is 3.32. The summed E-state index contributed by atoms with van der Waals surface area (Å²) in [4.78, 5) is 26.8. The van der Waals surface area contributed by atoms with Gasteiger partial charge in [0, 0.05) is 12.6 Å². The Labute approximate surface area is 158 Å². The average Bonchev–Trinajstić information content (AvgIpc) is 2.63. The van der Waals surface area contributed by atoms with Crippen LogP contribution >= 0.6 is 0 Å². The summed E-state index contributed by atoms with van der Waals surface area (Å²) in [6, 6.07) is 8.39. The number of aryl methyl sites for hydroxylation is 2. The van der Waals surface area contributed by atoms with Crippen molar-refractivity contribution in [3.8, 4) is 11.5 Å². The highest BCUT2D eigenvalue weighted by atomic mass is 16.5. The second-order valence-corrected chi connectivity index (χ2v) is 6.83. The molecule has 0 aliphatic carbocycles. The van der Waals surface area contributed by atoms with Crippen molar-refractivity contribution in [1.82, 2.24) is 4.90 Å². The number of carbonyl (C=O) groups excluding carboxylic acids is 1. The third-order valence-corrected chi connectivity index (χ3v) is 5.18. The molecule has 0 saturated heterocycles. The monoisotopic (exact) mass is 369 g/mol. The van der Waals surface area contributed by atoms with Gasteiger partial charge in [-0.1, -0.05) is 23.8 Å². The van der Waals surface area contributed by atoms with Crippen molar-refractivity contribution in [2.75, 3.05) is 21.3 Å². The molecule has 0 saturated carbocycles. The van der Waals surface area contributed by atoms with Gasteiger partial charge in [0.05, 0.1) is 20.3 Å². The van der Waals surface area contributed by atoms with E-state index in [1.165, 1.54) is 19.1 Å². The first-order chi connectivity index (χ1) is 12.8. The van der Waals surface area contributed by atoms with Gasteiger partial charge in [-0.2, -0.15) is 0 Å². The van der Waals surface area contributed by atoms with Crippen LogP contribution < -0.4 is 9.47 Å². The maximum atomic E-state index is 13.1. The number of nitrogens with zero attached hydrogens (tertiary/aromatic N) is 1. The molecule has 1 heterocycles. The Balaban J connectivity index is 2.26. The first-order valence-corrected chi connectivity index (χ1v) is 8.63. The summed E-state index contributed by atoms with van der Waals surface area (Å²) >= 11 is 0. The van der Waals surface area contributed by atoms with Gasteiger partial charge < -0.3 is 19.5 Å². The van der Waals surface area contributed by atoms with E-state index in [2.05, 4.69) is 0 Å². The molecule has 6 nitrogen and oxygen atoms in total. The van der Waals surface area contributed by atoms with Gasteiger partial charge >= 0.3 is 5.97 Å². The van der Waals surface area contributed by atoms with Gasteiger partial charge in [-0.25, -0.2) is 0 Å². The minimum Gasteiger partial charge on any atom is -0.493 e. The second-order valence-electron chi connectivity index (χ2n) is 6.83. The molecule has 0 radical (unpaired) electrons. The van der Waals surface area contributed by atoms with Crippen LogP contribution in [0.1, 0.15) is 44.6 Å². The molecule has 2 aromatic rings. The molecule has 2 aromatic carbocycles. The Bertz CT molecular complexity index is 921. The van der Waals surface area contributed by atoms with Crippen molar-refractivity contribution < 1.29 is 24.2 Å². The van der Waals surface area contributed by atoms with Crippen LogP contribution in [0.5, 0.6) is 11.5 Å². The van der Waals surface area contributed by atoms with Crippen LogP contribution in [0.4, 0.5) is 0 Å². The van der Waals surface area contributed by atoms with Gasteiger partial charge in [0.15, 0.2) is 11.5 Å². The van der Waals surface area contributed by atoms with E-state index < -0.39 is 17.9 Å². The van der Waals surface area contributed by atoms with E-state index in [-0.39, 0.29) is 5.91 Å². The normalized spacial score (nSPS) is 18.9. The van der Waals surface area contributed by atoms with Crippen molar-refractivity contribution in [1.29, 1.82) is 0 Å². The maximum Gasteiger partial charge on any atom is 0.313 e. The summed E-state index contributed by atoms with van der Waals surface area (Å²) in [5, 5.41) is 10.0. The quantitative estimate of drug-likeness (QED) is 0.895. The number of aliphatic carboxylic acids is 1. The summed E-state index contributed by atoms with van der Waals surface area (Å²) in [6.45, 7) is 3.91. The molecule has 0 spiro atoms. The van der Waals surface area contributed by atoms with Crippen molar-refractivity contribution in [3.05, 3.63) is 58.1 Å². The Kier molecular flexibility index (Phi) is 4.83. The molecule has 0 bridgehead atoms. The lowest BCUT2D eigenvalue weighted by molar-refractivity contribution is -0.140. The molecule has 1 aliphatic heterocycles. The maximum absolute atomic E-state index is 13.1. The fourth-order valence-electron chi connectivity index (χ4n) is 3.86. The molecule has 3 rings (SSSR count). The standard InChI is InChI=1S/C21H23NO5/c1-11-6-7-13(12(2)8-11)19-18(21(24)25)14-9-16(26-4)17(27-5)10-15(14)20(23)22(19)3/h6-10,18-19H,1-5H3,(H,24,25). The van der Waals surface area contributed by atoms with E-state index >= 15 is 0 Å². The first-order valence-electron chi connectivity index (χ1n) is 8.63. The fourth-order valence-corrected chi connectivity index (χ4v) is 3.86. The number of ether oxygens (including phenoxy) is 2. The number of amides is 1. The van der Waals surface area contributed by atoms with Crippen LogP contribution in [0.3, 0.4) is 0 Å². The van der Waals surface area contributed by atoms with Crippen LogP contribution in [0.25, 0.3) is 0 Å². The number of rotatable bonds is 4. The van der Waals surface area contributed by atoms with Crippen LogP contribution in [0.15, 0.2) is 30.3 Å². The third kappa shape index (κ3) is 3.01. The van der Waals surface area contributed by atoms with Gasteiger partial charge in [-0.15, -0.1) is 0 Å². The number of carbonyl (C=O) groups is 2. The molecule has 1 aliphatic rings. The summed E-state index contributed by atoms with van der Waals surface area (Å²) in [7, 11) is 4.61. The van der Waals surface area contributed by atoms with E-state index in [1.807, 2.05) is 32.0 Å². The number of carboxylic acid groups (broad SMARTS) is 1. The molecule has 142 valence electrons. The molecule has 2 unspecified atom stereocenters. The smallest absolute Gasteiger partial charge is 0.313 e. The Hall–Kier alpha value is -3.02. The molecule has 2 atom stereocenters. The number of benzene rings is 2. The molecule has 6 heteroatoms. The number of hydrogen-bond acceptors (Lipinski definition) is 4. The SMILES string of the molecule is COc1cc2c(cc1OC)C(C(=O)O)C(c1ccc(C)cc1C)N(C)C2=O. The van der Waals surface area contributed by atoms with Crippen molar-refractivity contribution >= 4 is 11.9 Å². The second kappa shape index (κ2) is 6.95. The lowest BCUT2D eigenvalue weighted by atomic mass is 9.78. The molecule has 0 fully saturated rings. The lowest BCUT2D eigenvalue weighted by Crippen LogP contribution is -2.43. The zero-order valence-corrected chi connectivity index (χ0v) is 16.1. The molecule has 1 amide bonds. The van der Waals surface area contributed by atoms with E-state index in [9.17, 15) is 14.7 Å². The van der Waals surface area contributed by atoms with Gasteiger partial charge in [0.1, 0.15) is 5.92 Å². The summed E-state index contributed by atoms with van der Waals surface area (Å²) in [6.07, 6.45) is 0.